The summed E-state index contributed by atoms with van der Waals surface area (Å²) in [5.41, 5.74) is 1.96. The Balaban J connectivity index is 0.00000218. The number of hydrogen-bond donors (Lipinski definition) is 0. The minimum atomic E-state index is 0. The van der Waals surface area contributed by atoms with Crippen molar-refractivity contribution >= 4 is 29.2 Å². The van der Waals surface area contributed by atoms with Crippen molar-refractivity contribution in [1.82, 2.24) is 14.4 Å². The molecule has 1 aliphatic carbocycles. The summed E-state index contributed by atoms with van der Waals surface area (Å²) in [6, 6.07) is 7.26. The summed E-state index contributed by atoms with van der Waals surface area (Å²) in [5.74, 6) is 1.75. The maximum absolute atomic E-state index is 13.6. The largest absolute Gasteiger partial charge is 0.489 e. The van der Waals surface area contributed by atoms with Crippen LogP contribution in [0.25, 0.3) is 10.9 Å². The van der Waals surface area contributed by atoms with Gasteiger partial charge in [-0.05, 0) is 45.7 Å². The Labute approximate surface area is 185 Å². The molecule has 3 heterocycles. The first-order valence-electron chi connectivity index (χ1n) is 11.3. The van der Waals surface area contributed by atoms with Crippen LogP contribution in [0.2, 0.25) is 0 Å². The summed E-state index contributed by atoms with van der Waals surface area (Å²) in [7, 11) is 2.16. The molecule has 0 spiro atoms. The minimum Gasteiger partial charge on any atom is -0.489 e. The molecule has 0 radical (unpaired) electrons. The lowest BCUT2D eigenvalue weighted by Crippen LogP contribution is -2.56. The number of rotatable bonds is 2. The summed E-state index contributed by atoms with van der Waals surface area (Å²) < 4.78 is 8.58. The summed E-state index contributed by atoms with van der Waals surface area (Å²) in [6.07, 6.45) is 8.67. The van der Waals surface area contributed by atoms with E-state index in [9.17, 15) is 4.79 Å². The van der Waals surface area contributed by atoms with E-state index in [1.807, 2.05) is 12.1 Å². The third-order valence-electron chi connectivity index (χ3n) is 7.65. The van der Waals surface area contributed by atoms with Gasteiger partial charge in [0.1, 0.15) is 12.4 Å². The van der Waals surface area contributed by atoms with Crippen LogP contribution < -0.4 is 4.74 Å². The quantitative estimate of drug-likeness (QED) is 0.689. The summed E-state index contributed by atoms with van der Waals surface area (Å²) in [6.45, 7) is 6.71. The Kier molecular flexibility index (Phi) is 6.04. The van der Waals surface area contributed by atoms with Crippen molar-refractivity contribution in [1.29, 1.82) is 0 Å². The number of amides is 1. The number of para-hydroxylation sites is 1. The van der Waals surface area contributed by atoms with Gasteiger partial charge < -0.3 is 14.2 Å². The number of carbonyl (C=O) groups excluding carboxylic acids is 1. The molecule has 5 rings (SSSR count). The van der Waals surface area contributed by atoms with E-state index in [1.54, 1.807) is 0 Å². The van der Waals surface area contributed by atoms with Crippen LogP contribution in [-0.4, -0.2) is 59.1 Å². The molecule has 0 bridgehead atoms. The lowest BCUT2D eigenvalue weighted by Gasteiger charge is -2.42. The van der Waals surface area contributed by atoms with E-state index in [0.29, 0.717) is 24.0 Å². The van der Waals surface area contributed by atoms with Gasteiger partial charge in [0.2, 0.25) is 0 Å². The van der Waals surface area contributed by atoms with E-state index in [0.717, 1.165) is 41.9 Å². The lowest BCUT2D eigenvalue weighted by atomic mass is 9.83. The smallest absolute Gasteiger partial charge is 0.256 e. The van der Waals surface area contributed by atoms with Gasteiger partial charge in [-0.15, -0.1) is 12.4 Å². The molecule has 0 N–H and O–H groups in total. The molecule has 1 aromatic heterocycles. The number of halogens is 1. The third-order valence-corrected chi connectivity index (χ3v) is 7.65. The first-order valence-corrected chi connectivity index (χ1v) is 11.3. The monoisotopic (exact) mass is 431 g/mol. The van der Waals surface area contributed by atoms with E-state index in [1.165, 1.54) is 32.1 Å². The van der Waals surface area contributed by atoms with Gasteiger partial charge in [-0.25, -0.2) is 0 Å². The highest BCUT2D eigenvalue weighted by Crippen LogP contribution is 2.42. The predicted molar refractivity (Wildman–Crippen MR) is 123 cm³/mol. The Morgan fingerprint density at radius 3 is 2.47 bits per heavy atom. The zero-order valence-electron chi connectivity index (χ0n) is 18.3. The summed E-state index contributed by atoms with van der Waals surface area (Å²) >= 11 is 0. The van der Waals surface area contributed by atoms with Crippen molar-refractivity contribution in [3.05, 3.63) is 30.0 Å². The lowest BCUT2D eigenvalue weighted by molar-refractivity contribution is 0.0415. The van der Waals surface area contributed by atoms with E-state index < -0.39 is 0 Å². The van der Waals surface area contributed by atoms with Gasteiger partial charge in [-0.1, -0.05) is 31.4 Å². The van der Waals surface area contributed by atoms with Crippen LogP contribution in [-0.2, 0) is 0 Å². The molecule has 164 valence electrons. The fourth-order valence-electron chi connectivity index (χ4n) is 5.71. The Hall–Kier alpha value is -1.72. The molecule has 2 fully saturated rings. The van der Waals surface area contributed by atoms with E-state index in [2.05, 4.69) is 47.5 Å². The molecular formula is C24H34ClN3O2. The summed E-state index contributed by atoms with van der Waals surface area (Å²) in [5, 5.41) is 1.05. The standard InChI is InChI=1S/C24H33N3O2.ClH/c1-16-12-26(13-17(2)25(16)3)24(28)20-14-27-21(18-8-5-4-6-9-18)15-29-22-11-7-10-19(20)23(22)27;/h7,10-11,14,16-18,21H,4-6,8-9,12-13,15H2,1-3H3;1H/t16-,17+,21-;/m0./s1. The van der Waals surface area contributed by atoms with Crippen LogP contribution >= 0.6 is 12.4 Å². The van der Waals surface area contributed by atoms with E-state index in [-0.39, 0.29) is 18.3 Å². The van der Waals surface area contributed by atoms with Crippen LogP contribution in [0.3, 0.4) is 0 Å². The molecule has 1 saturated carbocycles. The third kappa shape index (κ3) is 3.50. The topological polar surface area (TPSA) is 37.7 Å². The second-order valence-electron chi connectivity index (χ2n) is 9.45. The number of piperazine rings is 1. The van der Waals surface area contributed by atoms with E-state index in [4.69, 9.17) is 4.74 Å². The zero-order chi connectivity index (χ0) is 20.1. The number of hydrogen-bond acceptors (Lipinski definition) is 3. The second kappa shape index (κ2) is 8.43. The van der Waals surface area contributed by atoms with Gasteiger partial charge in [-0.2, -0.15) is 0 Å². The molecular weight excluding hydrogens is 398 g/mol. The molecule has 5 nitrogen and oxygen atoms in total. The zero-order valence-corrected chi connectivity index (χ0v) is 19.2. The molecule has 3 aliphatic rings. The van der Waals surface area contributed by atoms with Gasteiger partial charge in [0.25, 0.3) is 5.91 Å². The number of nitrogens with zero attached hydrogens (tertiary/aromatic N) is 3. The molecule has 3 atom stereocenters. The molecule has 1 amide bonds. The Morgan fingerprint density at radius 1 is 1.07 bits per heavy atom. The number of benzene rings is 1. The normalized spacial score (nSPS) is 27.6. The SMILES string of the molecule is C[C@@H]1CN(C(=O)c2cn3c4c(cccc24)OC[C@H]3C2CCCCC2)C[C@H](C)N1C.Cl. The molecule has 2 aliphatic heterocycles. The van der Waals surface area contributed by atoms with Gasteiger partial charge in [0.05, 0.1) is 17.1 Å². The van der Waals surface area contributed by atoms with Gasteiger partial charge >= 0.3 is 0 Å². The fraction of sp³-hybridized carbons (Fsp3) is 0.625. The van der Waals surface area contributed by atoms with Crippen LogP contribution in [0.5, 0.6) is 5.75 Å². The number of likely N-dealkylation sites (N-methyl/N-ethyl adjacent to an activating group) is 1. The maximum atomic E-state index is 13.6. The van der Waals surface area contributed by atoms with Crippen molar-refractivity contribution in [3.8, 4) is 5.75 Å². The van der Waals surface area contributed by atoms with Crippen molar-refractivity contribution in [2.24, 2.45) is 5.92 Å². The average molecular weight is 432 g/mol. The average Bonchev–Trinajstić information content (AvgIpc) is 3.13. The summed E-state index contributed by atoms with van der Waals surface area (Å²) in [4.78, 5) is 18.0. The van der Waals surface area contributed by atoms with Crippen molar-refractivity contribution < 1.29 is 9.53 Å². The number of aromatic nitrogens is 1. The molecule has 1 aromatic carbocycles. The molecule has 2 aromatic rings. The predicted octanol–water partition coefficient (Wildman–Crippen LogP) is 4.74. The van der Waals surface area contributed by atoms with E-state index >= 15 is 0 Å². The van der Waals surface area contributed by atoms with Gasteiger partial charge in [0, 0.05) is 36.8 Å². The number of carbonyl (C=O) groups is 1. The fourth-order valence-corrected chi connectivity index (χ4v) is 5.71. The first-order chi connectivity index (χ1) is 14.0. The molecule has 30 heavy (non-hydrogen) atoms. The van der Waals surface area contributed by atoms with Gasteiger partial charge in [0.15, 0.2) is 0 Å². The van der Waals surface area contributed by atoms with Crippen LogP contribution in [0.15, 0.2) is 24.4 Å². The van der Waals surface area contributed by atoms with Crippen LogP contribution in [0, 0.1) is 5.92 Å². The van der Waals surface area contributed by atoms with Crippen molar-refractivity contribution in [2.45, 2.75) is 64.1 Å². The van der Waals surface area contributed by atoms with Crippen molar-refractivity contribution in [2.75, 3.05) is 26.7 Å². The minimum absolute atomic E-state index is 0. The maximum Gasteiger partial charge on any atom is 0.256 e. The highest BCUT2D eigenvalue weighted by molar-refractivity contribution is 6.08. The molecule has 6 heteroatoms. The van der Waals surface area contributed by atoms with Crippen LogP contribution in [0.4, 0.5) is 0 Å². The Morgan fingerprint density at radius 2 is 1.77 bits per heavy atom. The molecule has 0 unspecified atom stereocenters. The molecule has 1 saturated heterocycles. The first kappa shape index (κ1) is 21.5. The van der Waals surface area contributed by atoms with Gasteiger partial charge in [-0.3, -0.25) is 9.69 Å². The van der Waals surface area contributed by atoms with Crippen LogP contribution in [0.1, 0.15) is 62.4 Å². The second-order valence-corrected chi connectivity index (χ2v) is 9.45. The van der Waals surface area contributed by atoms with Crippen molar-refractivity contribution in [3.63, 3.8) is 0 Å². The number of ether oxygens (including phenoxy) is 1. The highest BCUT2D eigenvalue weighted by Gasteiger charge is 2.35. The Bertz CT molecular complexity index is 909. The highest BCUT2D eigenvalue weighted by atomic mass is 35.5.